The molecule has 126 valence electrons. The van der Waals surface area contributed by atoms with Gasteiger partial charge >= 0.3 is 0 Å². The van der Waals surface area contributed by atoms with Crippen molar-refractivity contribution in [2.75, 3.05) is 0 Å². The van der Waals surface area contributed by atoms with Gasteiger partial charge in [-0.25, -0.2) is 0 Å². The summed E-state index contributed by atoms with van der Waals surface area (Å²) in [5.41, 5.74) is 2.02. The van der Waals surface area contributed by atoms with Gasteiger partial charge in [-0.1, -0.05) is 18.2 Å². The lowest BCUT2D eigenvalue weighted by molar-refractivity contribution is -0.385. The largest absolute Gasteiger partial charge is 0.346 e. The summed E-state index contributed by atoms with van der Waals surface area (Å²) in [6, 6.07) is 13.2. The first-order valence-corrected chi connectivity index (χ1v) is 7.52. The fraction of sp³-hybridized carbons (Fsp3) is 0.118. The highest BCUT2D eigenvalue weighted by Crippen LogP contribution is 2.19. The van der Waals surface area contributed by atoms with Crippen molar-refractivity contribution in [3.05, 3.63) is 76.1 Å². The molecule has 0 unspecified atom stereocenters. The molecule has 0 aliphatic heterocycles. The van der Waals surface area contributed by atoms with Crippen LogP contribution in [0.3, 0.4) is 0 Å². The van der Waals surface area contributed by atoms with E-state index in [2.05, 4.69) is 15.4 Å². The maximum atomic E-state index is 12.2. The molecular formula is C17H15N5O3. The van der Waals surface area contributed by atoms with Crippen molar-refractivity contribution in [1.29, 1.82) is 0 Å². The first-order valence-electron chi connectivity index (χ1n) is 7.52. The molecule has 0 saturated heterocycles. The summed E-state index contributed by atoms with van der Waals surface area (Å²) in [6.07, 6.45) is 1.69. The number of para-hydroxylation sites is 1. The molecule has 8 heteroatoms. The molecule has 1 aromatic carbocycles. The Hall–Kier alpha value is -3.55. The normalized spacial score (nSPS) is 10.4. The summed E-state index contributed by atoms with van der Waals surface area (Å²) >= 11 is 0. The zero-order chi connectivity index (χ0) is 17.8. The van der Waals surface area contributed by atoms with Crippen LogP contribution in [0.25, 0.3) is 11.4 Å². The topological polar surface area (TPSA) is 103 Å². The molecule has 0 saturated carbocycles. The van der Waals surface area contributed by atoms with E-state index in [9.17, 15) is 14.9 Å². The van der Waals surface area contributed by atoms with Crippen molar-refractivity contribution in [2.45, 2.75) is 6.54 Å². The maximum absolute atomic E-state index is 12.2. The smallest absolute Gasteiger partial charge is 0.282 e. The van der Waals surface area contributed by atoms with Crippen molar-refractivity contribution in [3.63, 3.8) is 0 Å². The molecule has 2 heterocycles. The van der Waals surface area contributed by atoms with Crippen LogP contribution < -0.4 is 5.32 Å². The first-order chi connectivity index (χ1) is 12.1. The molecule has 2 aromatic heterocycles. The molecule has 0 spiro atoms. The second kappa shape index (κ2) is 6.91. The summed E-state index contributed by atoms with van der Waals surface area (Å²) in [7, 11) is 1.79. The fourth-order valence-corrected chi connectivity index (χ4v) is 2.46. The highest BCUT2D eigenvalue weighted by Gasteiger charge is 2.19. The maximum Gasteiger partial charge on any atom is 0.282 e. The highest BCUT2D eigenvalue weighted by atomic mass is 16.6. The number of carbonyl (C=O) groups excluding carboxylic acids is 1. The molecule has 0 aliphatic rings. The molecular weight excluding hydrogens is 322 g/mol. The third kappa shape index (κ3) is 3.52. The van der Waals surface area contributed by atoms with Gasteiger partial charge in [-0.15, -0.1) is 0 Å². The zero-order valence-electron chi connectivity index (χ0n) is 13.4. The van der Waals surface area contributed by atoms with Crippen LogP contribution in [0.4, 0.5) is 5.69 Å². The van der Waals surface area contributed by atoms with Crippen LogP contribution in [-0.2, 0) is 13.6 Å². The molecule has 0 bridgehead atoms. The van der Waals surface area contributed by atoms with Crippen LogP contribution in [0.15, 0.2) is 54.7 Å². The predicted octanol–water partition coefficient (Wildman–Crippen LogP) is 2.32. The van der Waals surface area contributed by atoms with E-state index in [1.807, 2.05) is 24.3 Å². The van der Waals surface area contributed by atoms with E-state index in [-0.39, 0.29) is 17.8 Å². The summed E-state index contributed by atoms with van der Waals surface area (Å²) in [4.78, 5) is 27.0. The number of amides is 1. The van der Waals surface area contributed by atoms with Crippen molar-refractivity contribution < 1.29 is 9.72 Å². The van der Waals surface area contributed by atoms with Crippen LogP contribution in [0.1, 0.15) is 16.1 Å². The van der Waals surface area contributed by atoms with E-state index in [0.717, 1.165) is 11.4 Å². The molecule has 1 amide bonds. The van der Waals surface area contributed by atoms with Crippen molar-refractivity contribution in [3.8, 4) is 11.4 Å². The fourth-order valence-electron chi connectivity index (χ4n) is 2.46. The van der Waals surface area contributed by atoms with Gasteiger partial charge in [0.15, 0.2) is 0 Å². The third-order valence-corrected chi connectivity index (χ3v) is 3.63. The second-order valence-corrected chi connectivity index (χ2v) is 5.32. The number of nitro groups is 1. The van der Waals surface area contributed by atoms with Gasteiger partial charge in [-0.05, 0) is 24.3 Å². The summed E-state index contributed by atoms with van der Waals surface area (Å²) in [5.74, 6) is -0.516. The van der Waals surface area contributed by atoms with E-state index in [0.29, 0.717) is 5.69 Å². The number of hydrogen-bond acceptors (Lipinski definition) is 5. The Bertz CT molecular complexity index is 921. The van der Waals surface area contributed by atoms with Crippen molar-refractivity contribution in [2.24, 2.45) is 7.05 Å². The number of aromatic nitrogens is 3. The lowest BCUT2D eigenvalue weighted by atomic mass is 10.1. The van der Waals surface area contributed by atoms with Crippen LogP contribution in [0.2, 0.25) is 0 Å². The summed E-state index contributed by atoms with van der Waals surface area (Å²) in [6.45, 7) is 0.158. The zero-order valence-corrected chi connectivity index (χ0v) is 13.4. The Morgan fingerprint density at radius 2 is 2.00 bits per heavy atom. The van der Waals surface area contributed by atoms with E-state index < -0.39 is 10.8 Å². The number of pyridine rings is 1. The third-order valence-electron chi connectivity index (χ3n) is 3.63. The lowest BCUT2D eigenvalue weighted by Crippen LogP contribution is -2.24. The van der Waals surface area contributed by atoms with Crippen LogP contribution in [0.5, 0.6) is 0 Å². The predicted molar refractivity (Wildman–Crippen MR) is 90.7 cm³/mol. The van der Waals surface area contributed by atoms with E-state index in [4.69, 9.17) is 0 Å². The number of hydrogen-bond donors (Lipinski definition) is 1. The van der Waals surface area contributed by atoms with Gasteiger partial charge in [0, 0.05) is 19.3 Å². The summed E-state index contributed by atoms with van der Waals surface area (Å²) in [5, 5.41) is 18.0. The van der Waals surface area contributed by atoms with Crippen molar-refractivity contribution in [1.82, 2.24) is 20.1 Å². The van der Waals surface area contributed by atoms with Gasteiger partial charge in [-0.3, -0.25) is 24.6 Å². The standard InChI is InChI=1S/C17H15N5O3/c1-21-16(14-7-4-5-9-18-14)10-12(20-21)11-19-17(23)13-6-2-3-8-15(13)22(24)25/h2-10H,11H2,1H3,(H,19,23). The minimum absolute atomic E-state index is 0.0216. The molecule has 8 nitrogen and oxygen atoms in total. The van der Waals surface area contributed by atoms with Crippen LogP contribution >= 0.6 is 0 Å². The number of benzene rings is 1. The SMILES string of the molecule is Cn1nc(CNC(=O)c2ccccc2[N+](=O)[O-])cc1-c1ccccn1. The average molecular weight is 337 g/mol. The summed E-state index contributed by atoms with van der Waals surface area (Å²) < 4.78 is 1.68. The van der Waals surface area contributed by atoms with E-state index in [1.54, 1.807) is 24.0 Å². The Morgan fingerprint density at radius 3 is 2.72 bits per heavy atom. The highest BCUT2D eigenvalue weighted by molar-refractivity contribution is 5.98. The minimum atomic E-state index is -0.575. The number of nitrogens with zero attached hydrogens (tertiary/aromatic N) is 4. The van der Waals surface area contributed by atoms with Gasteiger partial charge in [0.1, 0.15) is 5.56 Å². The van der Waals surface area contributed by atoms with Crippen molar-refractivity contribution >= 4 is 11.6 Å². The minimum Gasteiger partial charge on any atom is -0.346 e. The number of nitrogens with one attached hydrogen (secondary N) is 1. The van der Waals surface area contributed by atoms with Crippen LogP contribution in [0, 0.1) is 10.1 Å². The van der Waals surface area contributed by atoms with E-state index >= 15 is 0 Å². The quantitative estimate of drug-likeness (QED) is 0.568. The molecule has 3 aromatic rings. The number of rotatable bonds is 5. The Kier molecular flexibility index (Phi) is 4.51. The van der Waals surface area contributed by atoms with Gasteiger partial charge in [0.05, 0.1) is 28.5 Å². The molecule has 0 atom stereocenters. The Morgan fingerprint density at radius 1 is 1.24 bits per heavy atom. The number of carbonyl (C=O) groups is 1. The average Bonchev–Trinajstić information content (AvgIpc) is 3.01. The Labute approximate surface area is 143 Å². The molecule has 25 heavy (non-hydrogen) atoms. The molecule has 1 N–H and O–H groups in total. The van der Waals surface area contributed by atoms with Crippen LogP contribution in [-0.4, -0.2) is 25.6 Å². The molecule has 3 rings (SSSR count). The molecule has 0 fully saturated rings. The Balaban J connectivity index is 1.75. The number of aryl methyl sites for hydroxylation is 1. The first kappa shape index (κ1) is 16.3. The molecule has 0 aliphatic carbocycles. The second-order valence-electron chi connectivity index (χ2n) is 5.32. The lowest BCUT2D eigenvalue weighted by Gasteiger charge is -2.03. The van der Waals surface area contributed by atoms with Gasteiger partial charge in [-0.2, -0.15) is 5.10 Å². The number of nitro benzene ring substituents is 1. The van der Waals surface area contributed by atoms with E-state index in [1.165, 1.54) is 18.2 Å². The van der Waals surface area contributed by atoms with Gasteiger partial charge in [0.25, 0.3) is 11.6 Å². The van der Waals surface area contributed by atoms with Gasteiger partial charge in [0.2, 0.25) is 0 Å². The monoisotopic (exact) mass is 337 g/mol. The molecule has 0 radical (unpaired) electrons. The van der Waals surface area contributed by atoms with Gasteiger partial charge < -0.3 is 5.32 Å².